The molecule has 3 rings (SSSR count). The van der Waals surface area contributed by atoms with Gasteiger partial charge in [-0.25, -0.2) is 13.1 Å². The molecule has 29 heavy (non-hydrogen) atoms. The van der Waals surface area contributed by atoms with E-state index < -0.39 is 10.0 Å². The van der Waals surface area contributed by atoms with Crippen LogP contribution in [0.2, 0.25) is 0 Å². The second kappa shape index (κ2) is 8.55. The minimum absolute atomic E-state index is 0.0670. The molecule has 0 aliphatic heterocycles. The number of ether oxygens (including phenoxy) is 2. The van der Waals surface area contributed by atoms with E-state index in [1.807, 2.05) is 31.2 Å². The Balaban J connectivity index is 1.97. The zero-order valence-corrected chi connectivity index (χ0v) is 17.4. The molecule has 0 bridgehead atoms. The third-order valence-corrected chi connectivity index (χ3v) is 6.12. The maximum atomic E-state index is 13.2. The number of nitrogen functional groups attached to an aromatic ring is 1. The maximum absolute atomic E-state index is 13.2. The van der Waals surface area contributed by atoms with Crippen molar-refractivity contribution in [3.8, 4) is 22.6 Å². The van der Waals surface area contributed by atoms with E-state index in [2.05, 4.69) is 4.72 Å². The Morgan fingerprint density at radius 2 is 1.69 bits per heavy atom. The first-order chi connectivity index (χ1) is 13.9. The summed E-state index contributed by atoms with van der Waals surface area (Å²) in [7, 11) is -0.746. The van der Waals surface area contributed by atoms with E-state index in [9.17, 15) is 8.42 Å². The van der Waals surface area contributed by atoms with Crippen LogP contribution in [-0.4, -0.2) is 22.6 Å². The van der Waals surface area contributed by atoms with Gasteiger partial charge in [-0.15, -0.1) is 0 Å². The molecule has 7 heteroatoms. The molecule has 0 aromatic heterocycles. The molecule has 0 fully saturated rings. The Morgan fingerprint density at radius 3 is 2.38 bits per heavy atom. The van der Waals surface area contributed by atoms with Gasteiger partial charge in [-0.1, -0.05) is 36.4 Å². The zero-order valence-electron chi connectivity index (χ0n) is 16.6. The summed E-state index contributed by atoms with van der Waals surface area (Å²) in [6, 6.07) is 17.8. The molecule has 3 aromatic rings. The predicted molar refractivity (Wildman–Crippen MR) is 115 cm³/mol. The van der Waals surface area contributed by atoms with Crippen LogP contribution in [0.3, 0.4) is 0 Å². The molecule has 0 saturated heterocycles. The Hall–Kier alpha value is -3.03. The number of aryl methyl sites for hydroxylation is 1. The van der Waals surface area contributed by atoms with Crippen molar-refractivity contribution < 1.29 is 17.9 Å². The molecule has 0 unspecified atom stereocenters. The third kappa shape index (κ3) is 4.52. The minimum atomic E-state index is -3.83. The standard InChI is InChI=1S/C22H24N2O4S/c1-15-6-4-5-7-19(15)20-11-9-17(23)12-22(20)29(25,26)24-14-16-8-10-18(27-2)13-21(16)28-3/h4-13,24H,14,23H2,1-3H3. The molecular formula is C22H24N2O4S. The summed E-state index contributed by atoms with van der Waals surface area (Å²) in [4.78, 5) is 0.138. The largest absolute Gasteiger partial charge is 0.497 e. The highest BCUT2D eigenvalue weighted by Gasteiger charge is 2.21. The molecular weight excluding hydrogens is 388 g/mol. The van der Waals surface area contributed by atoms with E-state index in [1.165, 1.54) is 13.2 Å². The van der Waals surface area contributed by atoms with E-state index in [4.69, 9.17) is 15.2 Å². The van der Waals surface area contributed by atoms with E-state index in [0.717, 1.165) is 11.1 Å². The Kier molecular flexibility index (Phi) is 6.10. The van der Waals surface area contributed by atoms with Crippen molar-refractivity contribution >= 4 is 15.7 Å². The van der Waals surface area contributed by atoms with Gasteiger partial charge in [-0.2, -0.15) is 0 Å². The monoisotopic (exact) mass is 412 g/mol. The van der Waals surface area contributed by atoms with Gasteiger partial charge in [0, 0.05) is 29.4 Å². The van der Waals surface area contributed by atoms with Gasteiger partial charge in [0.05, 0.1) is 19.1 Å². The number of hydrogen-bond acceptors (Lipinski definition) is 5. The molecule has 0 aliphatic rings. The van der Waals surface area contributed by atoms with Crippen LogP contribution in [0.1, 0.15) is 11.1 Å². The van der Waals surface area contributed by atoms with Gasteiger partial charge >= 0.3 is 0 Å². The number of hydrogen-bond donors (Lipinski definition) is 2. The number of anilines is 1. The predicted octanol–water partition coefficient (Wildman–Crippen LogP) is 3.74. The fourth-order valence-electron chi connectivity index (χ4n) is 3.11. The average Bonchev–Trinajstić information content (AvgIpc) is 2.72. The lowest BCUT2D eigenvalue weighted by Gasteiger charge is -2.15. The summed E-state index contributed by atoms with van der Waals surface area (Å²) < 4.78 is 39.5. The van der Waals surface area contributed by atoms with E-state index in [1.54, 1.807) is 37.4 Å². The van der Waals surface area contributed by atoms with Crippen molar-refractivity contribution in [2.75, 3.05) is 20.0 Å². The van der Waals surface area contributed by atoms with E-state index in [0.29, 0.717) is 28.3 Å². The number of nitrogens with two attached hydrogens (primary N) is 1. The van der Waals surface area contributed by atoms with Crippen LogP contribution in [0, 0.1) is 6.92 Å². The van der Waals surface area contributed by atoms with Crippen molar-refractivity contribution in [2.24, 2.45) is 0 Å². The highest BCUT2D eigenvalue weighted by atomic mass is 32.2. The third-order valence-electron chi connectivity index (χ3n) is 4.68. The van der Waals surface area contributed by atoms with Gasteiger partial charge in [0.15, 0.2) is 0 Å². The number of rotatable bonds is 7. The summed E-state index contributed by atoms with van der Waals surface area (Å²) in [5.41, 5.74) is 9.39. The number of methoxy groups -OCH3 is 2. The van der Waals surface area contributed by atoms with Crippen molar-refractivity contribution in [1.29, 1.82) is 0 Å². The van der Waals surface area contributed by atoms with Gasteiger partial charge in [0.2, 0.25) is 10.0 Å². The van der Waals surface area contributed by atoms with Crippen molar-refractivity contribution in [1.82, 2.24) is 4.72 Å². The summed E-state index contributed by atoms with van der Waals surface area (Å²) in [5, 5.41) is 0. The molecule has 6 nitrogen and oxygen atoms in total. The van der Waals surface area contributed by atoms with Gasteiger partial charge in [-0.05, 0) is 36.2 Å². The fourth-order valence-corrected chi connectivity index (χ4v) is 4.37. The molecule has 0 radical (unpaired) electrons. The van der Waals surface area contributed by atoms with Gasteiger partial charge in [0.1, 0.15) is 11.5 Å². The molecule has 0 saturated carbocycles. The van der Waals surface area contributed by atoms with Crippen LogP contribution in [0.15, 0.2) is 65.6 Å². The average molecular weight is 413 g/mol. The number of nitrogens with one attached hydrogen (secondary N) is 1. The lowest BCUT2D eigenvalue weighted by atomic mass is 10.0. The first kappa shape index (κ1) is 20.7. The fraction of sp³-hybridized carbons (Fsp3) is 0.182. The molecule has 3 aromatic carbocycles. The summed E-state index contributed by atoms with van der Waals surface area (Å²) in [6.07, 6.45) is 0. The quantitative estimate of drug-likeness (QED) is 0.577. The van der Waals surface area contributed by atoms with E-state index >= 15 is 0 Å². The molecule has 0 spiro atoms. The van der Waals surface area contributed by atoms with Gasteiger partial charge in [0.25, 0.3) is 0 Å². The molecule has 0 atom stereocenters. The van der Waals surface area contributed by atoms with Gasteiger partial charge in [-0.3, -0.25) is 0 Å². The molecule has 0 aliphatic carbocycles. The Labute approximate surface area is 171 Å². The van der Waals surface area contributed by atoms with E-state index in [-0.39, 0.29) is 11.4 Å². The topological polar surface area (TPSA) is 90.7 Å². The first-order valence-electron chi connectivity index (χ1n) is 9.02. The van der Waals surface area contributed by atoms with Crippen molar-refractivity contribution in [3.63, 3.8) is 0 Å². The summed E-state index contributed by atoms with van der Waals surface area (Å²) in [6.45, 7) is 2.01. The molecule has 0 amide bonds. The zero-order chi connectivity index (χ0) is 21.0. The minimum Gasteiger partial charge on any atom is -0.497 e. The Bertz CT molecular complexity index is 1130. The van der Waals surface area contributed by atoms with Crippen molar-refractivity contribution in [2.45, 2.75) is 18.4 Å². The smallest absolute Gasteiger partial charge is 0.241 e. The lowest BCUT2D eigenvalue weighted by Crippen LogP contribution is -2.24. The Morgan fingerprint density at radius 1 is 0.931 bits per heavy atom. The van der Waals surface area contributed by atoms with Crippen LogP contribution in [-0.2, 0) is 16.6 Å². The SMILES string of the molecule is COc1ccc(CNS(=O)(=O)c2cc(N)ccc2-c2ccccc2C)c(OC)c1. The molecule has 0 heterocycles. The molecule has 152 valence electrons. The number of benzene rings is 3. The number of sulfonamides is 1. The second-order valence-electron chi connectivity index (χ2n) is 6.57. The van der Waals surface area contributed by atoms with Crippen LogP contribution in [0.25, 0.3) is 11.1 Å². The first-order valence-corrected chi connectivity index (χ1v) is 10.5. The van der Waals surface area contributed by atoms with Crippen LogP contribution >= 0.6 is 0 Å². The van der Waals surface area contributed by atoms with Gasteiger partial charge < -0.3 is 15.2 Å². The molecule has 3 N–H and O–H groups in total. The maximum Gasteiger partial charge on any atom is 0.241 e. The summed E-state index contributed by atoms with van der Waals surface area (Å²) >= 11 is 0. The van der Waals surface area contributed by atoms with Crippen LogP contribution in [0.5, 0.6) is 11.5 Å². The lowest BCUT2D eigenvalue weighted by molar-refractivity contribution is 0.390. The second-order valence-corrected chi connectivity index (χ2v) is 8.31. The normalized spacial score (nSPS) is 11.3. The van der Waals surface area contributed by atoms with Crippen LogP contribution < -0.4 is 19.9 Å². The highest BCUT2D eigenvalue weighted by Crippen LogP contribution is 2.32. The summed E-state index contributed by atoms with van der Waals surface area (Å²) in [5.74, 6) is 1.17. The van der Waals surface area contributed by atoms with Crippen LogP contribution in [0.4, 0.5) is 5.69 Å². The highest BCUT2D eigenvalue weighted by molar-refractivity contribution is 7.89. The van der Waals surface area contributed by atoms with Crippen molar-refractivity contribution in [3.05, 3.63) is 71.8 Å².